The topological polar surface area (TPSA) is 38.3 Å². The fourth-order valence-corrected chi connectivity index (χ4v) is 1.47. The van der Waals surface area contributed by atoms with Crippen LogP contribution in [0.4, 0.5) is 0 Å². The second-order valence-corrected chi connectivity index (χ2v) is 3.51. The first-order chi connectivity index (χ1) is 7.26. The normalized spacial score (nSPS) is 8.73. The van der Waals surface area contributed by atoms with Gasteiger partial charge in [0.1, 0.15) is 0 Å². The molecule has 3 nitrogen and oxygen atoms in total. The first-order valence-electron chi connectivity index (χ1n) is 4.81. The molecule has 0 saturated heterocycles. The summed E-state index contributed by atoms with van der Waals surface area (Å²) in [6.07, 6.45) is 1.10. The van der Waals surface area contributed by atoms with Crippen molar-refractivity contribution in [3.8, 4) is 0 Å². The minimum Gasteiger partial charge on any atom is -0.374 e. The van der Waals surface area contributed by atoms with Crippen LogP contribution in [0, 0.1) is 0 Å². The van der Waals surface area contributed by atoms with E-state index in [0.717, 1.165) is 6.42 Å². The van der Waals surface area contributed by atoms with Crippen LogP contribution in [0.15, 0.2) is 28.7 Å². The van der Waals surface area contributed by atoms with Gasteiger partial charge in [-0.3, -0.25) is 4.79 Å². The van der Waals surface area contributed by atoms with Crippen LogP contribution in [-0.2, 0) is 16.1 Å². The number of benzene rings is 1. The first-order valence-corrected chi connectivity index (χ1v) is 5.61. The van der Waals surface area contributed by atoms with E-state index < -0.39 is 0 Å². The van der Waals surface area contributed by atoms with Crippen LogP contribution in [0.2, 0.25) is 0 Å². The molecule has 0 radical (unpaired) electrons. The van der Waals surface area contributed by atoms with Crippen LogP contribution in [0.3, 0.4) is 0 Å². The van der Waals surface area contributed by atoms with E-state index in [1.807, 2.05) is 13.0 Å². The molecule has 0 aliphatic heterocycles. The van der Waals surface area contributed by atoms with Gasteiger partial charge < -0.3 is 4.84 Å². The van der Waals surface area contributed by atoms with Crippen LogP contribution in [-0.4, -0.2) is 13.0 Å². The van der Waals surface area contributed by atoms with Crippen LogP contribution in [0.1, 0.15) is 19.4 Å². The monoisotopic (exact) mass is 273 g/mol. The molecule has 0 atom stereocenters. The molecule has 0 fully saturated rings. The Kier molecular flexibility index (Phi) is 9.11. The van der Waals surface area contributed by atoms with E-state index in [2.05, 4.69) is 51.4 Å². The van der Waals surface area contributed by atoms with E-state index in [1.54, 1.807) is 0 Å². The zero-order valence-electron chi connectivity index (χ0n) is 9.00. The molecule has 0 aliphatic rings. The molecule has 15 heavy (non-hydrogen) atoms. The number of carbonyl (C=O) groups is 1. The molecule has 0 amide bonds. The van der Waals surface area contributed by atoms with Gasteiger partial charge in [0.2, 0.25) is 0 Å². The predicted octanol–water partition coefficient (Wildman–Crippen LogP) is 2.70. The zero-order valence-corrected chi connectivity index (χ0v) is 10.6. The molecule has 1 N–H and O–H groups in total. The molecule has 1 aromatic carbocycles. The van der Waals surface area contributed by atoms with E-state index in [4.69, 9.17) is 0 Å². The van der Waals surface area contributed by atoms with E-state index >= 15 is 0 Å². The third kappa shape index (κ3) is 7.11. The van der Waals surface area contributed by atoms with Gasteiger partial charge in [0.15, 0.2) is 0 Å². The Labute approximate surface area is 98.9 Å². The van der Waals surface area contributed by atoms with Gasteiger partial charge in [0, 0.05) is 11.0 Å². The number of hydrogen-bond donors (Lipinski definition) is 1. The van der Waals surface area contributed by atoms with Crippen molar-refractivity contribution in [1.82, 2.24) is 5.48 Å². The summed E-state index contributed by atoms with van der Waals surface area (Å²) in [6, 6.07) is 8.29. The summed E-state index contributed by atoms with van der Waals surface area (Å²) in [6.45, 7) is 4.99. The Balaban J connectivity index is 0.000000288. The zero-order chi connectivity index (χ0) is 11.5. The lowest BCUT2D eigenvalue weighted by atomic mass is 10.2. The van der Waals surface area contributed by atoms with Gasteiger partial charge in [-0.2, -0.15) is 5.48 Å². The fraction of sp³-hybridized carbons (Fsp3) is 0.364. The average molecular weight is 274 g/mol. The molecule has 0 bridgehead atoms. The standard InChI is InChI=1S/C8H9Br.C3H7NO2/c1-2-7-5-3-4-6-8(7)9;1-2-4-6-3-5/h3-6H,2H2,1H3;3-4H,2H2,1H3. The summed E-state index contributed by atoms with van der Waals surface area (Å²) in [5, 5.41) is 0. The Morgan fingerprint density at radius 2 is 2.07 bits per heavy atom. The average Bonchev–Trinajstić information content (AvgIpc) is 2.28. The molecule has 1 rings (SSSR count). The van der Waals surface area contributed by atoms with Crippen molar-refractivity contribution in [2.45, 2.75) is 20.3 Å². The molecule has 4 heteroatoms. The van der Waals surface area contributed by atoms with Crippen molar-refractivity contribution in [2.75, 3.05) is 6.54 Å². The smallest absolute Gasteiger partial charge is 0.312 e. The summed E-state index contributed by atoms with van der Waals surface area (Å²) >= 11 is 3.46. The van der Waals surface area contributed by atoms with Crippen molar-refractivity contribution in [3.05, 3.63) is 34.3 Å². The number of hydrogen-bond acceptors (Lipinski definition) is 3. The minimum absolute atomic E-state index is 0.351. The number of carbonyl (C=O) groups excluding carboxylic acids is 1. The third-order valence-corrected chi connectivity index (χ3v) is 2.39. The van der Waals surface area contributed by atoms with Crippen molar-refractivity contribution in [2.24, 2.45) is 0 Å². The highest BCUT2D eigenvalue weighted by molar-refractivity contribution is 9.10. The summed E-state index contributed by atoms with van der Waals surface area (Å²) < 4.78 is 1.22. The van der Waals surface area contributed by atoms with Gasteiger partial charge in [-0.25, -0.2) is 0 Å². The Hall–Kier alpha value is -0.870. The molecule has 0 aromatic heterocycles. The summed E-state index contributed by atoms with van der Waals surface area (Å²) in [5.41, 5.74) is 3.70. The minimum atomic E-state index is 0.351. The maximum atomic E-state index is 9.28. The van der Waals surface area contributed by atoms with Crippen LogP contribution < -0.4 is 5.48 Å². The van der Waals surface area contributed by atoms with Gasteiger partial charge in [-0.15, -0.1) is 0 Å². The second-order valence-electron chi connectivity index (χ2n) is 2.66. The third-order valence-electron chi connectivity index (χ3n) is 1.61. The lowest BCUT2D eigenvalue weighted by molar-refractivity contribution is -0.135. The van der Waals surface area contributed by atoms with E-state index in [9.17, 15) is 4.79 Å². The van der Waals surface area contributed by atoms with E-state index in [-0.39, 0.29) is 0 Å². The maximum Gasteiger partial charge on any atom is 0.312 e. The number of hydroxylamine groups is 1. The molecule has 0 spiro atoms. The van der Waals surface area contributed by atoms with E-state index in [1.165, 1.54) is 10.0 Å². The predicted molar refractivity (Wildman–Crippen MR) is 64.3 cm³/mol. The number of halogens is 1. The SMILES string of the molecule is CCNOC=O.CCc1ccccc1Br. The molecular formula is C11H16BrNO2. The van der Waals surface area contributed by atoms with Gasteiger partial charge in [0.25, 0.3) is 0 Å². The molecule has 1 aromatic rings. The Morgan fingerprint density at radius 3 is 2.40 bits per heavy atom. The van der Waals surface area contributed by atoms with Crippen LogP contribution in [0.25, 0.3) is 0 Å². The van der Waals surface area contributed by atoms with Gasteiger partial charge >= 0.3 is 6.47 Å². The van der Waals surface area contributed by atoms with Gasteiger partial charge in [0.05, 0.1) is 0 Å². The second kappa shape index (κ2) is 9.68. The van der Waals surface area contributed by atoms with Crippen LogP contribution >= 0.6 is 15.9 Å². The number of aryl methyl sites for hydroxylation is 1. The summed E-state index contributed by atoms with van der Waals surface area (Å²) in [7, 11) is 0. The van der Waals surface area contributed by atoms with Gasteiger partial charge in [-0.05, 0) is 25.0 Å². The lowest BCUT2D eigenvalue weighted by Crippen LogP contribution is -2.11. The molecule has 0 saturated carbocycles. The molecule has 84 valence electrons. The number of rotatable bonds is 4. The first kappa shape index (κ1) is 14.1. The van der Waals surface area contributed by atoms with Gasteiger partial charge in [-0.1, -0.05) is 41.1 Å². The van der Waals surface area contributed by atoms with Crippen molar-refractivity contribution in [1.29, 1.82) is 0 Å². The van der Waals surface area contributed by atoms with Crippen molar-refractivity contribution in [3.63, 3.8) is 0 Å². The Bertz CT molecular complexity index is 279. The molecule has 0 heterocycles. The van der Waals surface area contributed by atoms with E-state index in [0.29, 0.717) is 13.0 Å². The number of nitrogens with one attached hydrogen (secondary N) is 1. The maximum absolute atomic E-state index is 9.28. The largest absolute Gasteiger partial charge is 0.374 e. The highest BCUT2D eigenvalue weighted by Gasteiger charge is 1.91. The Morgan fingerprint density at radius 1 is 1.40 bits per heavy atom. The molecule has 0 aliphatic carbocycles. The summed E-state index contributed by atoms with van der Waals surface area (Å²) in [5.74, 6) is 0. The van der Waals surface area contributed by atoms with Crippen LogP contribution in [0.5, 0.6) is 0 Å². The quantitative estimate of drug-likeness (QED) is 0.521. The lowest BCUT2D eigenvalue weighted by Gasteiger charge is -1.96. The highest BCUT2D eigenvalue weighted by Crippen LogP contribution is 2.15. The van der Waals surface area contributed by atoms with Crippen molar-refractivity contribution >= 4 is 22.4 Å². The highest BCUT2D eigenvalue weighted by atomic mass is 79.9. The van der Waals surface area contributed by atoms with Crippen molar-refractivity contribution < 1.29 is 9.63 Å². The fourth-order valence-electron chi connectivity index (χ4n) is 0.902. The molecule has 0 unspecified atom stereocenters. The summed E-state index contributed by atoms with van der Waals surface area (Å²) in [4.78, 5) is 13.3. The molecular weight excluding hydrogens is 258 g/mol.